The Kier molecular flexibility index (Phi) is 3.75. The predicted molar refractivity (Wildman–Crippen MR) is 79.7 cm³/mol. The number of rotatable bonds is 3. The fraction of sp³-hybridized carbons (Fsp3) is 0.444. The molecular weight excluding hydrogens is 216 g/mol. The van der Waals surface area contributed by atoms with Gasteiger partial charge in [0.05, 0.1) is 0 Å². The molecule has 2 rings (SSSR count). The van der Waals surface area contributed by atoms with Crippen LogP contribution in [0.1, 0.15) is 45.6 Å². The van der Waals surface area contributed by atoms with Crippen LogP contribution in [0.25, 0.3) is 0 Å². The van der Waals surface area contributed by atoms with E-state index in [1.807, 2.05) is 0 Å². The van der Waals surface area contributed by atoms with Crippen molar-refractivity contribution in [3.63, 3.8) is 0 Å². The van der Waals surface area contributed by atoms with Crippen LogP contribution in [0.5, 0.6) is 0 Å². The summed E-state index contributed by atoms with van der Waals surface area (Å²) < 4.78 is 0. The van der Waals surface area contributed by atoms with Gasteiger partial charge in [-0.15, -0.1) is 0 Å². The predicted octanol–water partition coefficient (Wildman–Crippen LogP) is 5.27. The number of benzene rings is 1. The Balaban J connectivity index is 2.28. The van der Waals surface area contributed by atoms with E-state index < -0.39 is 0 Å². The maximum atomic E-state index is 2.41. The van der Waals surface area contributed by atoms with Crippen LogP contribution in [-0.2, 0) is 5.41 Å². The van der Waals surface area contributed by atoms with Crippen LogP contribution >= 0.6 is 0 Å². The molecule has 1 aromatic rings. The van der Waals surface area contributed by atoms with Crippen molar-refractivity contribution in [3.8, 4) is 0 Å². The molecule has 2 unspecified atom stereocenters. The lowest BCUT2D eigenvalue weighted by atomic mass is 9.64. The van der Waals surface area contributed by atoms with Crippen LogP contribution in [0.2, 0.25) is 0 Å². The van der Waals surface area contributed by atoms with Crippen molar-refractivity contribution >= 4 is 0 Å². The van der Waals surface area contributed by atoms with Crippen molar-refractivity contribution in [2.75, 3.05) is 0 Å². The van der Waals surface area contributed by atoms with Crippen molar-refractivity contribution in [3.05, 3.63) is 60.2 Å². The third-order valence-corrected chi connectivity index (χ3v) is 4.03. The summed E-state index contributed by atoms with van der Waals surface area (Å²) in [5, 5.41) is 0. The molecule has 96 valence electrons. The normalized spacial score (nSPS) is 31.9. The Morgan fingerprint density at radius 3 is 2.56 bits per heavy atom. The van der Waals surface area contributed by atoms with Gasteiger partial charge in [-0.1, -0.05) is 75.4 Å². The lowest BCUT2D eigenvalue weighted by Gasteiger charge is -2.40. The molecule has 0 heteroatoms. The summed E-state index contributed by atoms with van der Waals surface area (Å²) in [7, 11) is 0. The molecule has 0 bridgehead atoms. The van der Waals surface area contributed by atoms with Gasteiger partial charge in [0.1, 0.15) is 0 Å². The average molecular weight is 240 g/mol. The van der Waals surface area contributed by atoms with E-state index >= 15 is 0 Å². The van der Waals surface area contributed by atoms with E-state index in [4.69, 9.17) is 0 Å². The van der Waals surface area contributed by atoms with E-state index in [-0.39, 0.29) is 5.41 Å². The van der Waals surface area contributed by atoms with Gasteiger partial charge >= 0.3 is 0 Å². The highest BCUT2D eigenvalue weighted by Gasteiger charge is 2.35. The van der Waals surface area contributed by atoms with Gasteiger partial charge in [0.25, 0.3) is 0 Å². The fourth-order valence-corrected chi connectivity index (χ4v) is 3.10. The lowest BCUT2D eigenvalue weighted by Crippen LogP contribution is -2.31. The van der Waals surface area contributed by atoms with Gasteiger partial charge in [0.2, 0.25) is 0 Å². The van der Waals surface area contributed by atoms with Gasteiger partial charge in [-0.3, -0.25) is 0 Å². The third-order valence-electron chi connectivity index (χ3n) is 4.03. The molecule has 1 aliphatic rings. The van der Waals surface area contributed by atoms with Crippen LogP contribution in [0, 0.1) is 5.41 Å². The molecule has 0 N–H and O–H groups in total. The molecule has 0 nitrogen and oxygen atoms in total. The minimum atomic E-state index is 0.173. The monoisotopic (exact) mass is 240 g/mol. The molecule has 0 heterocycles. The Morgan fingerprint density at radius 1 is 1.17 bits per heavy atom. The average Bonchev–Trinajstić information content (AvgIpc) is 2.37. The van der Waals surface area contributed by atoms with Crippen molar-refractivity contribution in [2.24, 2.45) is 5.41 Å². The highest BCUT2D eigenvalue weighted by Crippen LogP contribution is 2.44. The Hall–Kier alpha value is -1.30. The highest BCUT2D eigenvalue weighted by atomic mass is 14.4. The SMILES string of the molecule is CCC=CC1(C)CC=CC(C)(c2ccccc2)C1. The van der Waals surface area contributed by atoms with Crippen LogP contribution in [0.15, 0.2) is 54.6 Å². The highest BCUT2D eigenvalue weighted by molar-refractivity contribution is 5.33. The zero-order valence-corrected chi connectivity index (χ0v) is 11.8. The Morgan fingerprint density at radius 2 is 1.89 bits per heavy atom. The van der Waals surface area contributed by atoms with Gasteiger partial charge in [-0.25, -0.2) is 0 Å². The Labute approximate surface area is 111 Å². The van der Waals surface area contributed by atoms with Crippen LogP contribution in [-0.4, -0.2) is 0 Å². The van der Waals surface area contributed by atoms with Crippen molar-refractivity contribution in [2.45, 2.75) is 45.4 Å². The van der Waals surface area contributed by atoms with E-state index in [0.717, 1.165) is 12.8 Å². The lowest BCUT2D eigenvalue weighted by molar-refractivity contribution is 0.302. The van der Waals surface area contributed by atoms with E-state index in [1.54, 1.807) is 0 Å². The molecule has 0 saturated carbocycles. The largest absolute Gasteiger partial charge is 0.0883 e. The van der Waals surface area contributed by atoms with Crippen molar-refractivity contribution in [1.29, 1.82) is 0 Å². The summed E-state index contributed by atoms with van der Waals surface area (Å²) in [5.74, 6) is 0. The first-order valence-corrected chi connectivity index (χ1v) is 6.99. The van der Waals surface area contributed by atoms with Gasteiger partial charge in [0, 0.05) is 5.41 Å². The van der Waals surface area contributed by atoms with Gasteiger partial charge in [-0.2, -0.15) is 0 Å². The molecule has 1 aliphatic carbocycles. The summed E-state index contributed by atoms with van der Waals surface area (Å²) >= 11 is 0. The second-order valence-corrected chi connectivity index (χ2v) is 6.03. The summed E-state index contributed by atoms with van der Waals surface area (Å²) in [6.07, 6.45) is 13.0. The zero-order valence-electron chi connectivity index (χ0n) is 11.8. The molecular formula is C18H24. The minimum Gasteiger partial charge on any atom is -0.0883 e. The molecule has 18 heavy (non-hydrogen) atoms. The second-order valence-electron chi connectivity index (χ2n) is 6.03. The molecule has 0 spiro atoms. The molecule has 0 fully saturated rings. The van der Waals surface area contributed by atoms with Gasteiger partial charge in [0.15, 0.2) is 0 Å². The molecule has 0 amide bonds. The third kappa shape index (κ3) is 2.75. The topological polar surface area (TPSA) is 0 Å². The standard InChI is InChI=1S/C18H24/c1-4-5-12-17(2)13-9-14-18(3,15-17)16-10-7-6-8-11-16/h5-12,14H,4,13,15H2,1-3H3. The molecule has 0 saturated heterocycles. The Bertz CT molecular complexity index is 440. The number of hydrogen-bond acceptors (Lipinski definition) is 0. The van der Waals surface area contributed by atoms with Crippen LogP contribution < -0.4 is 0 Å². The van der Waals surface area contributed by atoms with Crippen molar-refractivity contribution < 1.29 is 0 Å². The maximum Gasteiger partial charge on any atom is 0.0112 e. The molecule has 1 aromatic carbocycles. The first-order chi connectivity index (χ1) is 8.58. The van der Waals surface area contributed by atoms with E-state index in [2.05, 4.69) is 75.4 Å². The zero-order chi connectivity index (χ0) is 13.1. The second kappa shape index (κ2) is 5.14. The van der Waals surface area contributed by atoms with E-state index in [0.29, 0.717) is 5.41 Å². The quantitative estimate of drug-likeness (QED) is 0.632. The van der Waals surface area contributed by atoms with Crippen LogP contribution in [0.3, 0.4) is 0 Å². The molecule has 2 atom stereocenters. The molecule has 0 aromatic heterocycles. The maximum absolute atomic E-state index is 2.41. The molecule has 0 aliphatic heterocycles. The summed E-state index contributed by atoms with van der Waals surface area (Å²) in [4.78, 5) is 0. The van der Waals surface area contributed by atoms with Crippen LogP contribution in [0.4, 0.5) is 0 Å². The molecule has 0 radical (unpaired) electrons. The minimum absolute atomic E-state index is 0.173. The number of allylic oxidation sites excluding steroid dienone is 4. The van der Waals surface area contributed by atoms with Gasteiger partial charge < -0.3 is 0 Å². The van der Waals surface area contributed by atoms with Crippen molar-refractivity contribution in [1.82, 2.24) is 0 Å². The summed E-state index contributed by atoms with van der Waals surface area (Å²) in [6, 6.07) is 10.9. The van der Waals surface area contributed by atoms with Gasteiger partial charge in [-0.05, 0) is 30.2 Å². The summed E-state index contributed by atoms with van der Waals surface area (Å²) in [5.41, 5.74) is 1.90. The first kappa shape index (κ1) is 13.1. The van der Waals surface area contributed by atoms with E-state index in [9.17, 15) is 0 Å². The summed E-state index contributed by atoms with van der Waals surface area (Å²) in [6.45, 7) is 6.94. The first-order valence-electron chi connectivity index (χ1n) is 6.99. The fourth-order valence-electron chi connectivity index (χ4n) is 3.10. The van der Waals surface area contributed by atoms with E-state index in [1.165, 1.54) is 12.0 Å². The smallest absolute Gasteiger partial charge is 0.0112 e. The number of hydrogen-bond donors (Lipinski definition) is 0.